The molecule has 2 aromatic rings. The molecule has 1 aromatic carbocycles. The van der Waals surface area contributed by atoms with E-state index >= 15 is 0 Å². The molecule has 1 heterocycles. The van der Waals surface area contributed by atoms with Gasteiger partial charge >= 0.3 is 0 Å². The molecular weight excluding hydrogens is 260 g/mol. The Hall–Kier alpha value is -1.75. The fraction of sp³-hybridized carbons (Fsp3) is 0.167. The molecule has 0 aliphatic carbocycles. The second-order valence-corrected chi connectivity index (χ2v) is 3.98. The smallest absolute Gasteiger partial charge is 0.224 e. The van der Waals surface area contributed by atoms with E-state index < -0.39 is 5.82 Å². The topological polar surface area (TPSA) is 37.8 Å². The average molecular weight is 270 g/mol. The lowest BCUT2D eigenvalue weighted by atomic mass is 10.1. The van der Waals surface area contributed by atoms with E-state index in [1.54, 1.807) is 12.1 Å². The van der Waals surface area contributed by atoms with Gasteiger partial charge in [0.25, 0.3) is 0 Å². The van der Waals surface area contributed by atoms with Gasteiger partial charge in [-0.05, 0) is 35.7 Å². The lowest BCUT2D eigenvalue weighted by Gasteiger charge is -2.06. The Kier molecular flexibility index (Phi) is 4.04. The molecule has 6 heteroatoms. The molecule has 18 heavy (non-hydrogen) atoms. The minimum absolute atomic E-state index is 0.0133. The first kappa shape index (κ1) is 12.7. The summed E-state index contributed by atoms with van der Waals surface area (Å²) in [6.07, 6.45) is 1.64. The summed E-state index contributed by atoms with van der Waals surface area (Å²) >= 11 is 5.56. The molecule has 3 nitrogen and oxygen atoms in total. The molecule has 1 N–H and O–H groups in total. The van der Waals surface area contributed by atoms with Crippen molar-refractivity contribution >= 4 is 17.4 Å². The van der Waals surface area contributed by atoms with E-state index in [0.29, 0.717) is 13.0 Å². The van der Waals surface area contributed by atoms with Crippen LogP contribution in [0.5, 0.6) is 0 Å². The molecule has 0 atom stereocenters. The molecule has 0 aliphatic heterocycles. The summed E-state index contributed by atoms with van der Waals surface area (Å²) in [5.74, 6) is -0.768. The molecule has 0 aliphatic rings. The molecule has 94 valence electrons. The molecule has 0 spiro atoms. The zero-order valence-corrected chi connectivity index (χ0v) is 10.1. The summed E-state index contributed by atoms with van der Waals surface area (Å²) in [5.41, 5.74) is 0.949. The van der Waals surface area contributed by atoms with Crippen LogP contribution < -0.4 is 5.32 Å². The van der Waals surface area contributed by atoms with Crippen molar-refractivity contribution in [2.45, 2.75) is 6.42 Å². The second-order valence-electron chi connectivity index (χ2n) is 3.64. The minimum Gasteiger partial charge on any atom is -0.367 e. The fourth-order valence-corrected chi connectivity index (χ4v) is 1.58. The Labute approximate surface area is 108 Å². The van der Waals surface area contributed by atoms with E-state index in [1.165, 1.54) is 12.1 Å². The lowest BCUT2D eigenvalue weighted by Crippen LogP contribution is -2.08. The van der Waals surface area contributed by atoms with Crippen LogP contribution in [0.25, 0.3) is 0 Å². The highest BCUT2D eigenvalue weighted by atomic mass is 35.5. The van der Waals surface area contributed by atoms with Crippen molar-refractivity contribution < 1.29 is 8.78 Å². The van der Waals surface area contributed by atoms with Gasteiger partial charge < -0.3 is 5.32 Å². The first-order valence-electron chi connectivity index (χ1n) is 5.31. The van der Waals surface area contributed by atoms with E-state index in [9.17, 15) is 8.78 Å². The van der Waals surface area contributed by atoms with Gasteiger partial charge in [-0.25, -0.2) is 13.8 Å². The van der Waals surface area contributed by atoms with E-state index in [0.717, 1.165) is 11.8 Å². The van der Waals surface area contributed by atoms with Crippen molar-refractivity contribution in [1.29, 1.82) is 0 Å². The Morgan fingerprint density at radius 1 is 1.17 bits per heavy atom. The van der Waals surface area contributed by atoms with Crippen LogP contribution in [0.1, 0.15) is 5.56 Å². The highest BCUT2D eigenvalue weighted by molar-refractivity contribution is 6.28. The summed E-state index contributed by atoms with van der Waals surface area (Å²) < 4.78 is 25.9. The Morgan fingerprint density at radius 3 is 2.61 bits per heavy atom. The van der Waals surface area contributed by atoms with Gasteiger partial charge in [-0.15, -0.1) is 0 Å². The Morgan fingerprint density at radius 2 is 1.89 bits per heavy atom. The molecule has 0 radical (unpaired) electrons. The maximum absolute atomic E-state index is 13.3. The molecule has 0 fully saturated rings. The van der Waals surface area contributed by atoms with Crippen molar-refractivity contribution in [1.82, 2.24) is 9.97 Å². The summed E-state index contributed by atoms with van der Waals surface area (Å²) in [7, 11) is 0. The van der Waals surface area contributed by atoms with Gasteiger partial charge in [-0.2, -0.15) is 4.98 Å². The molecule has 0 saturated carbocycles. The van der Waals surface area contributed by atoms with Gasteiger partial charge in [0.15, 0.2) is 11.6 Å². The summed E-state index contributed by atoms with van der Waals surface area (Å²) in [5, 5.41) is 2.80. The third kappa shape index (κ3) is 3.37. The number of benzene rings is 1. The number of hydrogen-bond acceptors (Lipinski definition) is 3. The number of nitrogens with zero attached hydrogens (tertiary/aromatic N) is 2. The van der Waals surface area contributed by atoms with Crippen LogP contribution in [0.3, 0.4) is 0 Å². The molecular formula is C12H10ClF2N3. The van der Waals surface area contributed by atoms with Gasteiger partial charge in [0, 0.05) is 6.54 Å². The van der Waals surface area contributed by atoms with E-state index in [-0.39, 0.29) is 16.9 Å². The molecule has 0 amide bonds. The zero-order valence-electron chi connectivity index (χ0n) is 9.33. The Balaban J connectivity index is 1.92. The highest BCUT2D eigenvalue weighted by Gasteiger charge is 2.04. The highest BCUT2D eigenvalue weighted by Crippen LogP contribution is 2.12. The van der Waals surface area contributed by atoms with Crippen molar-refractivity contribution in [3.63, 3.8) is 0 Å². The van der Waals surface area contributed by atoms with Gasteiger partial charge in [0.1, 0.15) is 5.82 Å². The van der Waals surface area contributed by atoms with Crippen LogP contribution in [0, 0.1) is 11.6 Å². The van der Waals surface area contributed by atoms with Crippen LogP contribution in [0.2, 0.25) is 5.28 Å². The van der Waals surface area contributed by atoms with Gasteiger partial charge in [0.05, 0.1) is 6.20 Å². The quantitative estimate of drug-likeness (QED) is 0.867. The maximum Gasteiger partial charge on any atom is 0.224 e. The zero-order chi connectivity index (χ0) is 13.0. The molecule has 2 rings (SSSR count). The molecule has 0 unspecified atom stereocenters. The molecule has 1 aromatic heterocycles. The summed E-state index contributed by atoms with van der Waals surface area (Å²) in [4.78, 5) is 7.24. The number of hydrogen-bond donors (Lipinski definition) is 1. The normalized spacial score (nSPS) is 10.4. The van der Waals surface area contributed by atoms with Gasteiger partial charge in [0.2, 0.25) is 5.28 Å². The standard InChI is InChI=1S/C12H10ClF2N3/c13-12-17-7-10(15)11(18-12)16-6-5-8-1-3-9(14)4-2-8/h1-4,7H,5-6H2,(H,16,17,18). The third-order valence-electron chi connectivity index (χ3n) is 2.33. The number of nitrogens with one attached hydrogen (secondary N) is 1. The summed E-state index contributed by atoms with van der Waals surface area (Å²) in [6, 6.07) is 6.13. The monoisotopic (exact) mass is 269 g/mol. The van der Waals surface area contributed by atoms with Crippen LogP contribution in [0.15, 0.2) is 30.5 Å². The van der Waals surface area contributed by atoms with E-state index in [1.807, 2.05) is 0 Å². The minimum atomic E-state index is -0.557. The molecule has 0 saturated heterocycles. The predicted octanol–water partition coefficient (Wildman–Crippen LogP) is 3.06. The van der Waals surface area contributed by atoms with Crippen LogP contribution in [-0.4, -0.2) is 16.5 Å². The lowest BCUT2D eigenvalue weighted by molar-refractivity contribution is 0.616. The fourth-order valence-electron chi connectivity index (χ4n) is 1.45. The Bertz CT molecular complexity index is 531. The third-order valence-corrected chi connectivity index (χ3v) is 2.52. The van der Waals surface area contributed by atoms with E-state index in [4.69, 9.17) is 11.6 Å². The first-order valence-corrected chi connectivity index (χ1v) is 5.69. The van der Waals surface area contributed by atoms with Crippen molar-refractivity contribution in [2.75, 3.05) is 11.9 Å². The summed E-state index contributed by atoms with van der Waals surface area (Å²) in [6.45, 7) is 0.468. The van der Waals surface area contributed by atoms with Gasteiger partial charge in [-0.3, -0.25) is 0 Å². The van der Waals surface area contributed by atoms with Crippen LogP contribution >= 0.6 is 11.6 Å². The SMILES string of the molecule is Fc1ccc(CCNc2nc(Cl)ncc2F)cc1. The maximum atomic E-state index is 13.3. The predicted molar refractivity (Wildman–Crippen MR) is 65.6 cm³/mol. The van der Waals surface area contributed by atoms with Crippen molar-refractivity contribution in [3.05, 3.63) is 52.9 Å². The number of anilines is 1. The van der Waals surface area contributed by atoms with Crippen LogP contribution in [-0.2, 0) is 6.42 Å². The van der Waals surface area contributed by atoms with Crippen LogP contribution in [0.4, 0.5) is 14.6 Å². The second kappa shape index (κ2) is 5.73. The number of rotatable bonds is 4. The number of aromatic nitrogens is 2. The molecule has 0 bridgehead atoms. The average Bonchev–Trinajstić information content (AvgIpc) is 2.36. The number of halogens is 3. The largest absolute Gasteiger partial charge is 0.367 e. The van der Waals surface area contributed by atoms with E-state index in [2.05, 4.69) is 15.3 Å². The van der Waals surface area contributed by atoms with Crippen molar-refractivity contribution in [3.8, 4) is 0 Å². The van der Waals surface area contributed by atoms with Gasteiger partial charge in [-0.1, -0.05) is 12.1 Å². The first-order chi connectivity index (χ1) is 8.65. The van der Waals surface area contributed by atoms with Crippen molar-refractivity contribution in [2.24, 2.45) is 0 Å².